The third-order valence-electron chi connectivity index (χ3n) is 13.3. The van der Waals surface area contributed by atoms with Gasteiger partial charge in [-0.25, -0.2) is 15.0 Å². The molecule has 17 heteroatoms. The van der Waals surface area contributed by atoms with Crippen LogP contribution in [0, 0.1) is 47.8 Å². The van der Waals surface area contributed by atoms with Crippen molar-refractivity contribution >= 4 is 28.7 Å². The van der Waals surface area contributed by atoms with Gasteiger partial charge in [0, 0.05) is 49.7 Å². The Balaban J connectivity index is 0.976. The van der Waals surface area contributed by atoms with Gasteiger partial charge in [-0.15, -0.1) is 0 Å². The number of carbonyl (C=O) groups excluding carboxylic acids is 2. The quantitative estimate of drug-likeness (QED) is 0.275. The molecule has 0 atom stereocenters. The number of rotatable bonds is 8. The lowest BCUT2D eigenvalue weighted by atomic mass is 8.94. The summed E-state index contributed by atoms with van der Waals surface area (Å²) in [5.74, 6) is -2.19. The predicted molar refractivity (Wildman–Crippen MR) is 174 cm³/mol. The predicted octanol–water partition coefficient (Wildman–Crippen LogP) is 2.56. The second kappa shape index (κ2) is 10.0. The second-order valence-corrected chi connectivity index (χ2v) is 14.8. The molecule has 11 rings (SSSR count). The van der Waals surface area contributed by atoms with Gasteiger partial charge in [-0.05, 0) is 54.9 Å². The summed E-state index contributed by atoms with van der Waals surface area (Å²) < 4.78 is 54.9. The molecule has 0 radical (unpaired) electrons. The third-order valence-corrected chi connectivity index (χ3v) is 13.3. The van der Waals surface area contributed by atoms with E-state index in [4.69, 9.17) is 14.1 Å². The molecule has 270 valence electrons. The Hall–Kier alpha value is -5.22. The molecule has 2 amide bonds. The number of aryl methyl sites for hydroxylation is 1. The number of aromatic hydroxyl groups is 1. The van der Waals surface area contributed by atoms with Crippen LogP contribution in [-0.2, 0) is 17.8 Å². The van der Waals surface area contributed by atoms with Crippen LogP contribution < -0.4 is 20.4 Å². The first kappa shape index (κ1) is 31.5. The minimum atomic E-state index is -4.19. The molecule has 14 nitrogen and oxygen atoms in total. The summed E-state index contributed by atoms with van der Waals surface area (Å²) in [6.45, 7) is 4.18. The Kier molecular flexibility index (Phi) is 6.06. The molecule has 4 aromatic rings. The summed E-state index contributed by atoms with van der Waals surface area (Å²) in [4.78, 5) is 61.6. The minimum Gasteiger partial charge on any atom is -0.504 e. The van der Waals surface area contributed by atoms with Crippen molar-refractivity contribution < 1.29 is 37.0 Å². The van der Waals surface area contributed by atoms with Crippen LogP contribution in [0.4, 0.5) is 18.9 Å². The average molecular weight is 719 g/mol. The second-order valence-electron chi connectivity index (χ2n) is 14.8. The molecule has 6 aliphatic carbocycles. The first-order chi connectivity index (χ1) is 24.9. The number of methoxy groups -OCH3 is 1. The zero-order valence-corrected chi connectivity index (χ0v) is 28.3. The van der Waals surface area contributed by atoms with Crippen molar-refractivity contribution in [2.45, 2.75) is 38.5 Å². The maximum Gasteiger partial charge on any atom is 0.395 e. The summed E-state index contributed by atoms with van der Waals surface area (Å²) in [5, 5.41) is 13.6. The van der Waals surface area contributed by atoms with E-state index < -0.39 is 28.5 Å². The van der Waals surface area contributed by atoms with E-state index in [1.165, 1.54) is 19.6 Å². The van der Waals surface area contributed by atoms with Crippen molar-refractivity contribution in [1.29, 1.82) is 0 Å². The molecule has 6 saturated carbocycles. The van der Waals surface area contributed by atoms with E-state index in [0.29, 0.717) is 29.2 Å². The molecule has 0 aromatic carbocycles. The number of carbonyl (C=O) groups is 2. The number of aromatic nitrogens is 5. The first-order valence-electron chi connectivity index (χ1n) is 17.4. The van der Waals surface area contributed by atoms with Crippen molar-refractivity contribution in [3.05, 3.63) is 52.0 Å². The van der Waals surface area contributed by atoms with E-state index in [2.05, 4.69) is 20.3 Å². The van der Waals surface area contributed by atoms with E-state index in [9.17, 15) is 32.7 Å². The molecule has 52 heavy (non-hydrogen) atoms. The van der Waals surface area contributed by atoms with Gasteiger partial charge in [0.2, 0.25) is 28.7 Å². The van der Waals surface area contributed by atoms with Crippen LogP contribution in [0.1, 0.15) is 28.8 Å². The topological polar surface area (TPSA) is 169 Å². The number of oxazole rings is 1. The van der Waals surface area contributed by atoms with Gasteiger partial charge in [-0.3, -0.25) is 14.4 Å². The Morgan fingerprint density at radius 1 is 1.08 bits per heavy atom. The molecule has 5 heterocycles. The van der Waals surface area contributed by atoms with Crippen LogP contribution >= 0.6 is 0 Å². The number of halogens is 3. The number of alkyl halides is 3. The molecule has 2 N–H and O–H groups in total. The summed E-state index contributed by atoms with van der Waals surface area (Å²) in [5.41, 5.74) is -0.854. The van der Waals surface area contributed by atoms with E-state index in [-0.39, 0.29) is 108 Å². The van der Waals surface area contributed by atoms with E-state index in [0.717, 1.165) is 0 Å². The van der Waals surface area contributed by atoms with E-state index in [1.54, 1.807) is 28.5 Å². The lowest BCUT2D eigenvalue weighted by Crippen LogP contribution is -3.16. The minimum absolute atomic E-state index is 0.0609. The first-order valence-corrected chi connectivity index (χ1v) is 17.4. The number of ether oxygens (including phenoxy) is 1. The maximum absolute atomic E-state index is 14.3. The summed E-state index contributed by atoms with van der Waals surface area (Å²) in [6.07, 6.45) is -1.12. The number of hydrogen-bond acceptors (Lipinski definition) is 11. The normalized spacial score (nSPS) is 31.5. The monoisotopic (exact) mass is 718 g/mol. The molecule has 7 fully saturated rings. The number of nitrogens with zero attached hydrogens (tertiary/aromatic N) is 7. The molecule has 1 aliphatic heterocycles. The van der Waals surface area contributed by atoms with Gasteiger partial charge in [0.05, 0.1) is 23.8 Å². The highest BCUT2D eigenvalue weighted by Crippen LogP contribution is 3.08. The van der Waals surface area contributed by atoms with Crippen molar-refractivity contribution in [3.63, 3.8) is 0 Å². The summed E-state index contributed by atoms with van der Waals surface area (Å²) >= 11 is 0. The highest BCUT2D eigenvalue weighted by atomic mass is 19.4. The number of fused-ring (bicyclic) bond motifs is 1. The summed E-state index contributed by atoms with van der Waals surface area (Å²) in [7, 11) is 1.47. The van der Waals surface area contributed by atoms with Gasteiger partial charge >= 0.3 is 6.18 Å². The molecule has 1 saturated heterocycles. The largest absolute Gasteiger partial charge is 0.504 e. The Labute approximate surface area is 293 Å². The third kappa shape index (κ3) is 3.40. The van der Waals surface area contributed by atoms with Gasteiger partial charge in [-0.2, -0.15) is 18.2 Å². The number of amides is 2. The lowest BCUT2D eigenvalue weighted by Gasteiger charge is -3.10. The molecule has 4 aromatic heterocycles. The zero-order valence-electron chi connectivity index (χ0n) is 28.3. The molecule has 0 unspecified atom stereocenters. The number of nitrogens with one attached hydrogen (secondary N) is 1. The van der Waals surface area contributed by atoms with Gasteiger partial charge in [-0.1, -0.05) is 6.92 Å². The number of hydrogen-bond donors (Lipinski definition) is 2. The molecular formula is C35H33F3N8O6. The molecular weight excluding hydrogens is 685 g/mol. The maximum atomic E-state index is 14.3. The van der Waals surface area contributed by atoms with Crippen molar-refractivity contribution in [2.75, 3.05) is 38.2 Å². The van der Waals surface area contributed by atoms with Crippen molar-refractivity contribution in [2.24, 2.45) is 40.9 Å². The van der Waals surface area contributed by atoms with Gasteiger partial charge in [0.15, 0.2) is 17.1 Å². The zero-order chi connectivity index (χ0) is 36.2. The SMILES string of the molecule is CCc1c(N2CCN(C(=O)c3ncnc(C)c3O)CC2)c(=O)c2oc(-c3ccnc(OC)c3)nc2n1CC(=O)NC12C3C4C1C1C2C3C41C(F)(F)F. The van der Waals surface area contributed by atoms with Crippen LogP contribution in [0.5, 0.6) is 11.6 Å². The number of piperazine rings is 1. The highest BCUT2D eigenvalue weighted by Gasteiger charge is 3.14. The lowest BCUT2D eigenvalue weighted by molar-refractivity contribution is -0.663. The summed E-state index contributed by atoms with van der Waals surface area (Å²) in [6, 6.07) is 3.27. The molecule has 0 bridgehead atoms. The fraction of sp³-hybridized carbons (Fsp3) is 0.514. The van der Waals surface area contributed by atoms with Crippen LogP contribution in [-0.4, -0.2) is 91.3 Å². The Bertz CT molecular complexity index is 2260. The van der Waals surface area contributed by atoms with Crippen molar-refractivity contribution in [3.8, 4) is 23.1 Å². The van der Waals surface area contributed by atoms with E-state index in [1.807, 2.05) is 11.8 Å². The molecule has 0 spiro atoms. The number of pyridine rings is 2. The Morgan fingerprint density at radius 2 is 1.77 bits per heavy atom. The van der Waals surface area contributed by atoms with E-state index >= 15 is 0 Å². The smallest absolute Gasteiger partial charge is 0.395 e. The van der Waals surface area contributed by atoms with Crippen LogP contribution in [0.3, 0.4) is 0 Å². The van der Waals surface area contributed by atoms with Crippen LogP contribution in [0.2, 0.25) is 0 Å². The molecule has 7 aliphatic rings. The fourth-order valence-electron chi connectivity index (χ4n) is 11.4. The van der Waals surface area contributed by atoms with Gasteiger partial charge in [0.25, 0.3) is 5.91 Å². The average Bonchev–Trinajstić information content (AvgIpc) is 3.59. The van der Waals surface area contributed by atoms with Gasteiger partial charge in [0.1, 0.15) is 18.6 Å². The van der Waals surface area contributed by atoms with Crippen molar-refractivity contribution in [1.82, 2.24) is 34.7 Å². The van der Waals surface area contributed by atoms with Crippen LogP contribution in [0.15, 0.2) is 33.9 Å². The fourth-order valence-corrected chi connectivity index (χ4v) is 11.4. The Morgan fingerprint density at radius 3 is 2.40 bits per heavy atom. The van der Waals surface area contributed by atoms with Gasteiger partial charge < -0.3 is 33.9 Å². The standard InChI is InChI=1S/C35H33F3N8O6/c1-4-16-26(44-7-9-45(10-8-44)32(50)25-27(48)14(2)40-13-41-25)28(49)29-30(42-31(52-29)15-5-6-39-18(11-15)51-3)46(16)12-17(47)43-34-22-19-23(34)21-24(34)20(22)33(19,21)35(36,37)38/h5-6,11,13,19-24,48H,4,7-10,12H2,1-3H3,(H,43,47). The highest BCUT2D eigenvalue weighted by molar-refractivity contribution is 5.95. The van der Waals surface area contributed by atoms with Crippen LogP contribution in [0.25, 0.3) is 22.7 Å². The number of anilines is 1.